The van der Waals surface area contributed by atoms with E-state index in [0.29, 0.717) is 0 Å². The molecule has 10 heavy (non-hydrogen) atoms. The van der Waals surface area contributed by atoms with E-state index in [1.54, 1.807) is 0 Å². The van der Waals surface area contributed by atoms with E-state index in [1.807, 2.05) is 6.07 Å². The zero-order valence-electron chi connectivity index (χ0n) is 5.78. The third kappa shape index (κ3) is 0.942. The molecule has 0 aliphatic heterocycles. The fraction of sp³-hybridized carbons (Fsp3) is 0.300. The van der Waals surface area contributed by atoms with Crippen LogP contribution >= 0.6 is 0 Å². The van der Waals surface area contributed by atoms with Gasteiger partial charge in [0.05, 0.1) is 0 Å². The third-order valence-electron chi connectivity index (χ3n) is 1.88. The highest BCUT2D eigenvalue weighted by Gasteiger charge is 2.06. The Kier molecular flexibility index (Phi) is 1.46. The first-order valence-electron chi connectivity index (χ1n) is 3.60. The van der Waals surface area contributed by atoms with E-state index in [4.69, 9.17) is 0 Å². The number of fused-ring (bicyclic) bond motifs is 1. The van der Waals surface area contributed by atoms with Crippen LogP contribution in [0.15, 0.2) is 6.07 Å². The van der Waals surface area contributed by atoms with Gasteiger partial charge in [0.1, 0.15) is 0 Å². The van der Waals surface area contributed by atoms with Gasteiger partial charge in [0, 0.05) is 0 Å². The van der Waals surface area contributed by atoms with E-state index in [-0.39, 0.29) is 0 Å². The maximum absolute atomic E-state index is 3.09. The molecule has 0 aromatic heterocycles. The van der Waals surface area contributed by atoms with Gasteiger partial charge in [-0.1, -0.05) is 6.07 Å². The SMILES string of the molecule is [c]1[c]cc2c([c]1)CC[CH]C2. The molecular formula is C10H8. The van der Waals surface area contributed by atoms with Crippen LogP contribution in [0.3, 0.4) is 0 Å². The van der Waals surface area contributed by atoms with Crippen LogP contribution in [0.5, 0.6) is 0 Å². The summed E-state index contributed by atoms with van der Waals surface area (Å²) in [6, 6.07) is 10.9. The molecule has 0 amide bonds. The Morgan fingerprint density at radius 3 is 3.30 bits per heavy atom. The number of rotatable bonds is 0. The Balaban J connectivity index is 2.41. The molecule has 0 unspecified atom stereocenters. The van der Waals surface area contributed by atoms with E-state index in [0.717, 1.165) is 12.8 Å². The second kappa shape index (κ2) is 2.45. The van der Waals surface area contributed by atoms with Crippen molar-refractivity contribution in [3.05, 3.63) is 41.8 Å². The number of hydrogen-bond acceptors (Lipinski definition) is 0. The number of hydrogen-bond donors (Lipinski definition) is 0. The summed E-state index contributed by atoms with van der Waals surface area (Å²) >= 11 is 0. The van der Waals surface area contributed by atoms with Gasteiger partial charge in [-0.05, 0) is 55.0 Å². The third-order valence-corrected chi connectivity index (χ3v) is 1.88. The van der Waals surface area contributed by atoms with Crippen LogP contribution in [0.4, 0.5) is 0 Å². The summed E-state index contributed by atoms with van der Waals surface area (Å²) in [7, 11) is 0. The molecular weight excluding hydrogens is 120 g/mol. The molecule has 0 N–H and O–H groups in total. The first-order valence-corrected chi connectivity index (χ1v) is 3.60. The fourth-order valence-corrected chi connectivity index (χ4v) is 1.31. The maximum Gasteiger partial charge on any atom is -0.00107 e. The molecule has 0 saturated carbocycles. The first-order chi connectivity index (χ1) is 4.97. The van der Waals surface area contributed by atoms with Crippen LogP contribution in [-0.2, 0) is 12.8 Å². The summed E-state index contributed by atoms with van der Waals surface area (Å²) < 4.78 is 0. The lowest BCUT2D eigenvalue weighted by molar-refractivity contribution is 0.827. The minimum absolute atomic E-state index is 1.09. The molecule has 0 bridgehead atoms. The average Bonchev–Trinajstić information content (AvgIpc) is 2.05. The van der Waals surface area contributed by atoms with Crippen molar-refractivity contribution in [2.24, 2.45) is 0 Å². The Bertz CT molecular complexity index is 200. The van der Waals surface area contributed by atoms with Crippen molar-refractivity contribution < 1.29 is 0 Å². The molecule has 1 aromatic rings. The lowest BCUT2D eigenvalue weighted by atomic mass is 9.92. The highest BCUT2D eigenvalue weighted by Crippen LogP contribution is 2.18. The number of benzene rings is 1. The van der Waals surface area contributed by atoms with E-state index < -0.39 is 0 Å². The number of aryl methyl sites for hydroxylation is 1. The largest absolute Gasteiger partial charge is 0.0502 e. The van der Waals surface area contributed by atoms with Crippen molar-refractivity contribution in [3.8, 4) is 0 Å². The summed E-state index contributed by atoms with van der Waals surface area (Å²) in [5, 5.41) is 0. The molecule has 1 aliphatic carbocycles. The standard InChI is InChI=1S/C10H8/c1-2-6-10-8-4-3-7-9(10)5-1/h1,7H,2,5-6H2. The quantitative estimate of drug-likeness (QED) is 0.499. The summed E-state index contributed by atoms with van der Waals surface area (Å²) in [4.78, 5) is 0. The smallest absolute Gasteiger partial charge is 0.00107 e. The van der Waals surface area contributed by atoms with E-state index in [1.165, 1.54) is 17.5 Å². The van der Waals surface area contributed by atoms with Gasteiger partial charge < -0.3 is 0 Å². The van der Waals surface area contributed by atoms with Crippen LogP contribution < -0.4 is 0 Å². The van der Waals surface area contributed by atoms with Crippen LogP contribution in [0.1, 0.15) is 17.5 Å². The zero-order valence-corrected chi connectivity index (χ0v) is 5.78. The Hall–Kier alpha value is -0.780. The maximum atomic E-state index is 3.09. The van der Waals surface area contributed by atoms with Gasteiger partial charge >= 0.3 is 0 Å². The lowest BCUT2D eigenvalue weighted by Gasteiger charge is -2.12. The van der Waals surface area contributed by atoms with Gasteiger partial charge in [0.2, 0.25) is 0 Å². The van der Waals surface area contributed by atoms with Gasteiger partial charge in [-0.25, -0.2) is 0 Å². The second-order valence-corrected chi connectivity index (χ2v) is 2.57. The Labute approximate surface area is 61.9 Å². The summed E-state index contributed by atoms with van der Waals surface area (Å²) in [6.45, 7) is 0. The van der Waals surface area contributed by atoms with Crippen molar-refractivity contribution in [1.29, 1.82) is 0 Å². The average molecular weight is 128 g/mol. The highest BCUT2D eigenvalue weighted by atomic mass is 14.1. The molecule has 0 nitrogen and oxygen atoms in total. The molecule has 1 aromatic carbocycles. The van der Waals surface area contributed by atoms with Crippen molar-refractivity contribution in [2.75, 3.05) is 0 Å². The van der Waals surface area contributed by atoms with E-state index in [9.17, 15) is 0 Å². The van der Waals surface area contributed by atoms with Gasteiger partial charge in [-0.2, -0.15) is 0 Å². The zero-order chi connectivity index (χ0) is 6.81. The predicted octanol–water partition coefficient (Wildman–Crippen LogP) is 1.78. The molecule has 0 atom stereocenters. The van der Waals surface area contributed by atoms with Crippen molar-refractivity contribution in [2.45, 2.75) is 19.3 Å². The molecule has 2 rings (SSSR count). The van der Waals surface area contributed by atoms with Crippen LogP contribution in [0.25, 0.3) is 0 Å². The molecule has 48 valence electrons. The molecule has 0 spiro atoms. The molecule has 0 fully saturated rings. The minimum Gasteiger partial charge on any atom is -0.0502 e. The van der Waals surface area contributed by atoms with Gasteiger partial charge in [-0.3, -0.25) is 0 Å². The molecule has 1 aliphatic rings. The predicted molar refractivity (Wildman–Crippen MR) is 39.3 cm³/mol. The summed E-state index contributed by atoms with van der Waals surface area (Å²) in [5.74, 6) is 0. The molecule has 0 saturated heterocycles. The van der Waals surface area contributed by atoms with Gasteiger partial charge in [0.15, 0.2) is 0 Å². The second-order valence-electron chi connectivity index (χ2n) is 2.57. The van der Waals surface area contributed by atoms with Crippen molar-refractivity contribution >= 4 is 0 Å². The summed E-state index contributed by atoms with van der Waals surface area (Å²) in [6.07, 6.45) is 5.74. The first kappa shape index (κ1) is 5.96. The fourth-order valence-electron chi connectivity index (χ4n) is 1.31. The van der Waals surface area contributed by atoms with E-state index in [2.05, 4.69) is 24.6 Å². The Morgan fingerprint density at radius 2 is 2.40 bits per heavy atom. The highest BCUT2D eigenvalue weighted by molar-refractivity contribution is 5.28. The topological polar surface area (TPSA) is 0 Å². The lowest BCUT2D eigenvalue weighted by Crippen LogP contribution is -2.02. The van der Waals surface area contributed by atoms with Crippen LogP contribution in [-0.4, -0.2) is 0 Å². The minimum atomic E-state index is 1.09. The summed E-state index contributed by atoms with van der Waals surface area (Å²) in [5.41, 5.74) is 2.71. The van der Waals surface area contributed by atoms with Crippen LogP contribution in [0, 0.1) is 24.6 Å². The van der Waals surface area contributed by atoms with E-state index >= 15 is 0 Å². The van der Waals surface area contributed by atoms with Crippen molar-refractivity contribution in [1.82, 2.24) is 0 Å². The molecule has 0 heteroatoms. The monoisotopic (exact) mass is 128 g/mol. The van der Waals surface area contributed by atoms with Gasteiger partial charge in [-0.15, -0.1) is 0 Å². The molecule has 0 heterocycles. The van der Waals surface area contributed by atoms with Gasteiger partial charge in [0.25, 0.3) is 0 Å². The molecule has 4 radical (unpaired) electrons. The normalized spacial score (nSPS) is 16.4. The van der Waals surface area contributed by atoms with Crippen LogP contribution in [0.2, 0.25) is 0 Å². The Morgan fingerprint density at radius 1 is 1.40 bits per heavy atom. The van der Waals surface area contributed by atoms with Crippen molar-refractivity contribution in [3.63, 3.8) is 0 Å².